The van der Waals surface area contributed by atoms with Crippen molar-refractivity contribution in [3.63, 3.8) is 0 Å². The van der Waals surface area contributed by atoms with Gasteiger partial charge in [0.05, 0.1) is 6.54 Å². The Morgan fingerprint density at radius 1 is 1.00 bits per heavy atom. The fourth-order valence-electron chi connectivity index (χ4n) is 3.01. The molecule has 0 aliphatic carbocycles. The Kier molecular flexibility index (Phi) is 4.04. The van der Waals surface area contributed by atoms with Crippen molar-refractivity contribution in [2.75, 3.05) is 19.8 Å². The van der Waals surface area contributed by atoms with Crippen molar-refractivity contribution < 1.29 is 32.5 Å². The van der Waals surface area contributed by atoms with Crippen LogP contribution in [0.3, 0.4) is 0 Å². The van der Waals surface area contributed by atoms with Gasteiger partial charge in [0.15, 0.2) is 6.67 Å². The largest absolute Gasteiger partial charge is 0.406 e. The van der Waals surface area contributed by atoms with Crippen molar-refractivity contribution >= 4 is 17.8 Å². The molecule has 24 heavy (non-hydrogen) atoms. The first-order valence-corrected chi connectivity index (χ1v) is 7.40. The molecule has 1 unspecified atom stereocenters. The summed E-state index contributed by atoms with van der Waals surface area (Å²) >= 11 is 0. The van der Waals surface area contributed by atoms with Crippen LogP contribution in [0.5, 0.6) is 0 Å². The van der Waals surface area contributed by atoms with Crippen LogP contribution >= 0.6 is 0 Å². The minimum atomic E-state index is -4.74. The van der Waals surface area contributed by atoms with E-state index in [0.717, 1.165) is 16.9 Å². The lowest BCUT2D eigenvalue weighted by molar-refractivity contribution is -0.923. The fourth-order valence-corrected chi connectivity index (χ4v) is 3.01. The van der Waals surface area contributed by atoms with E-state index in [9.17, 15) is 27.6 Å². The van der Waals surface area contributed by atoms with Gasteiger partial charge in [0.2, 0.25) is 0 Å². The summed E-state index contributed by atoms with van der Waals surface area (Å²) in [6, 6.07) is 6.53. The topological polar surface area (TPSA) is 62.1 Å². The number of benzene rings is 1. The normalized spacial score (nSPS) is 21.5. The maximum atomic E-state index is 12.5. The lowest BCUT2D eigenvalue weighted by Gasteiger charge is -2.28. The van der Waals surface area contributed by atoms with Gasteiger partial charge < -0.3 is 4.90 Å². The van der Waals surface area contributed by atoms with Crippen molar-refractivity contribution in [3.8, 4) is 0 Å². The van der Waals surface area contributed by atoms with Gasteiger partial charge in [-0.25, -0.2) is 14.6 Å². The number of nitrogens with zero attached hydrogens (tertiary/aromatic N) is 2. The minimum Gasteiger partial charge on any atom is -0.313 e. The van der Waals surface area contributed by atoms with E-state index in [1.807, 2.05) is 24.3 Å². The molecule has 1 N–H and O–H groups in total. The number of urea groups is 1. The molecule has 0 saturated carbocycles. The van der Waals surface area contributed by atoms with Crippen molar-refractivity contribution in [3.05, 3.63) is 35.4 Å². The number of alkyl halides is 3. The first kappa shape index (κ1) is 16.4. The van der Waals surface area contributed by atoms with Crippen LogP contribution in [0.25, 0.3) is 0 Å². The van der Waals surface area contributed by atoms with E-state index in [-0.39, 0.29) is 11.6 Å². The highest BCUT2D eigenvalue weighted by molar-refractivity contribution is 6.44. The number of rotatable bonds is 3. The molecule has 1 aromatic rings. The zero-order valence-electron chi connectivity index (χ0n) is 12.6. The Balaban J connectivity index is 1.71. The van der Waals surface area contributed by atoms with Gasteiger partial charge in [-0.05, 0) is 5.56 Å². The third kappa shape index (κ3) is 3.12. The van der Waals surface area contributed by atoms with E-state index in [4.69, 9.17) is 0 Å². The Bertz CT molecular complexity index is 705. The molecule has 1 aromatic carbocycles. The number of nitrogens with one attached hydrogen (secondary N) is 1. The number of halogens is 3. The van der Waals surface area contributed by atoms with Crippen LogP contribution in [0.1, 0.15) is 11.1 Å². The summed E-state index contributed by atoms with van der Waals surface area (Å²) in [5.74, 6) is -2.62. The van der Waals surface area contributed by atoms with Crippen molar-refractivity contribution in [2.24, 2.45) is 0 Å². The molecule has 0 radical (unpaired) electrons. The molecule has 4 amide bonds. The molecule has 2 aliphatic rings. The number of hydrogen-bond donors (Lipinski definition) is 1. The Morgan fingerprint density at radius 3 is 2.29 bits per heavy atom. The lowest BCUT2D eigenvalue weighted by atomic mass is 10.0. The van der Waals surface area contributed by atoms with Crippen LogP contribution in [0.2, 0.25) is 0 Å². The summed E-state index contributed by atoms with van der Waals surface area (Å²) in [4.78, 5) is 36.9. The molecule has 0 bridgehead atoms. The summed E-state index contributed by atoms with van der Waals surface area (Å²) in [6.45, 7) is -0.695. The molecule has 2 heterocycles. The summed E-state index contributed by atoms with van der Waals surface area (Å²) < 4.78 is 37.4. The second kappa shape index (κ2) is 5.90. The second-order valence-corrected chi connectivity index (χ2v) is 5.88. The molecular formula is C15H15F3N3O3+. The summed E-state index contributed by atoms with van der Waals surface area (Å²) in [6.07, 6.45) is -4.00. The predicted molar refractivity (Wildman–Crippen MR) is 74.6 cm³/mol. The van der Waals surface area contributed by atoms with Crippen LogP contribution in [-0.4, -0.2) is 53.6 Å². The summed E-state index contributed by atoms with van der Waals surface area (Å²) in [5.41, 5.74) is 2.24. The van der Waals surface area contributed by atoms with E-state index >= 15 is 0 Å². The van der Waals surface area contributed by atoms with Crippen LogP contribution in [0.15, 0.2) is 24.3 Å². The molecule has 1 fully saturated rings. The molecule has 1 atom stereocenters. The summed E-state index contributed by atoms with van der Waals surface area (Å²) in [7, 11) is 0. The standard InChI is InChI=1S/C15H14F3N3O3/c16-15(17,18)8-20-12(22)13(23)21(14(20)24)9-19-6-5-10-3-1-2-4-11(10)7-19/h1-4H,5-9H2/p+1. The number of quaternary nitrogens is 1. The smallest absolute Gasteiger partial charge is 0.313 e. The van der Waals surface area contributed by atoms with E-state index in [1.165, 1.54) is 5.56 Å². The number of imide groups is 2. The molecule has 2 aliphatic heterocycles. The Labute approximate surface area is 135 Å². The predicted octanol–water partition coefficient (Wildman–Crippen LogP) is -0.0618. The number of fused-ring (bicyclic) bond motifs is 1. The number of carbonyl (C=O) groups excluding carboxylic acids is 3. The Hall–Kier alpha value is -2.42. The SMILES string of the molecule is O=C1C(=O)N(CC(F)(F)F)C(=O)N1C[NH+]1CCc2ccccc2C1. The quantitative estimate of drug-likeness (QED) is 0.618. The van der Waals surface area contributed by atoms with Crippen LogP contribution in [-0.2, 0) is 22.6 Å². The molecule has 6 nitrogen and oxygen atoms in total. The highest BCUT2D eigenvalue weighted by Crippen LogP contribution is 2.21. The summed E-state index contributed by atoms with van der Waals surface area (Å²) in [5, 5.41) is 0. The number of amides is 4. The van der Waals surface area contributed by atoms with Gasteiger partial charge in [0, 0.05) is 12.0 Å². The lowest BCUT2D eigenvalue weighted by Crippen LogP contribution is -3.13. The maximum absolute atomic E-state index is 12.5. The molecule has 3 rings (SSSR count). The van der Waals surface area contributed by atoms with Crippen molar-refractivity contribution in [1.29, 1.82) is 0 Å². The monoisotopic (exact) mass is 342 g/mol. The fraction of sp³-hybridized carbons (Fsp3) is 0.400. The van der Waals surface area contributed by atoms with Crippen molar-refractivity contribution in [1.82, 2.24) is 9.80 Å². The van der Waals surface area contributed by atoms with Gasteiger partial charge in [0.1, 0.15) is 13.1 Å². The average molecular weight is 342 g/mol. The highest BCUT2D eigenvalue weighted by atomic mass is 19.4. The first-order chi connectivity index (χ1) is 11.3. The molecule has 1 saturated heterocycles. The van der Waals surface area contributed by atoms with Gasteiger partial charge in [-0.1, -0.05) is 24.3 Å². The van der Waals surface area contributed by atoms with E-state index in [0.29, 0.717) is 18.0 Å². The van der Waals surface area contributed by atoms with Gasteiger partial charge in [-0.3, -0.25) is 9.59 Å². The van der Waals surface area contributed by atoms with Gasteiger partial charge in [-0.2, -0.15) is 13.2 Å². The van der Waals surface area contributed by atoms with Gasteiger partial charge >= 0.3 is 24.0 Å². The zero-order chi connectivity index (χ0) is 17.5. The maximum Gasteiger partial charge on any atom is 0.406 e. The Morgan fingerprint density at radius 2 is 1.62 bits per heavy atom. The van der Waals surface area contributed by atoms with E-state index < -0.39 is 30.6 Å². The zero-order valence-corrected chi connectivity index (χ0v) is 12.6. The minimum absolute atomic E-state index is 0.0420. The molecule has 128 valence electrons. The molecule has 0 aromatic heterocycles. The molecular weight excluding hydrogens is 327 g/mol. The van der Waals surface area contributed by atoms with Crippen LogP contribution in [0.4, 0.5) is 18.0 Å². The number of hydrogen-bond acceptors (Lipinski definition) is 3. The van der Waals surface area contributed by atoms with Gasteiger partial charge in [-0.15, -0.1) is 0 Å². The van der Waals surface area contributed by atoms with E-state index in [1.54, 1.807) is 0 Å². The van der Waals surface area contributed by atoms with Gasteiger partial charge in [0.25, 0.3) is 0 Å². The highest BCUT2D eigenvalue weighted by Gasteiger charge is 2.50. The first-order valence-electron chi connectivity index (χ1n) is 7.40. The van der Waals surface area contributed by atoms with Crippen molar-refractivity contribution in [2.45, 2.75) is 19.1 Å². The molecule has 9 heteroatoms. The molecule has 0 spiro atoms. The van der Waals surface area contributed by atoms with E-state index in [2.05, 4.69) is 0 Å². The van der Waals surface area contributed by atoms with Crippen LogP contribution in [0, 0.1) is 0 Å². The third-order valence-corrected chi connectivity index (χ3v) is 4.16. The average Bonchev–Trinajstić information content (AvgIpc) is 2.71. The van der Waals surface area contributed by atoms with Crippen LogP contribution < -0.4 is 4.90 Å². The number of carbonyl (C=O) groups is 3. The second-order valence-electron chi connectivity index (χ2n) is 5.88. The third-order valence-electron chi connectivity index (χ3n) is 4.16.